The van der Waals surface area contributed by atoms with E-state index >= 15 is 0 Å². The van der Waals surface area contributed by atoms with Crippen LogP contribution in [0.5, 0.6) is 0 Å². The van der Waals surface area contributed by atoms with Crippen molar-refractivity contribution in [3.8, 4) is 0 Å². The lowest BCUT2D eigenvalue weighted by Crippen LogP contribution is -2.58. The van der Waals surface area contributed by atoms with Gasteiger partial charge < -0.3 is 24.4 Å². The lowest BCUT2D eigenvalue weighted by atomic mass is 9.52. The van der Waals surface area contributed by atoms with Gasteiger partial charge in [0.2, 0.25) is 0 Å². The van der Waals surface area contributed by atoms with Gasteiger partial charge in [0, 0.05) is 18.9 Å². The van der Waals surface area contributed by atoms with E-state index in [0.29, 0.717) is 13.0 Å². The van der Waals surface area contributed by atoms with Gasteiger partial charge in [0.15, 0.2) is 12.3 Å². The Labute approximate surface area is 186 Å². The molecular weight excluding hydrogens is 416 g/mol. The average molecular weight is 447 g/mol. The number of nitrogens with one attached hydrogen (secondary N) is 1. The number of ether oxygens (including phenoxy) is 3. The van der Waals surface area contributed by atoms with Gasteiger partial charge in [-0.2, -0.15) is 0 Å². The summed E-state index contributed by atoms with van der Waals surface area (Å²) in [6, 6.07) is 0. The number of hydrogen-bond acceptors (Lipinski definition) is 8. The quantitative estimate of drug-likeness (QED) is 0.386. The molecule has 4 heterocycles. The van der Waals surface area contributed by atoms with Crippen molar-refractivity contribution < 1.29 is 33.4 Å². The smallest absolute Gasteiger partial charge is 0.319 e. The van der Waals surface area contributed by atoms with Gasteiger partial charge in [-0.15, -0.1) is 0 Å². The van der Waals surface area contributed by atoms with E-state index in [1.807, 2.05) is 13.8 Å². The number of hydrogen-bond donors (Lipinski definition) is 1. The molecule has 0 radical (unpaired) electrons. The Morgan fingerprint density at radius 1 is 1.22 bits per heavy atom. The van der Waals surface area contributed by atoms with E-state index < -0.39 is 52.6 Å². The molecule has 5 fully saturated rings. The van der Waals surface area contributed by atoms with Crippen LogP contribution in [0.15, 0.2) is 12.2 Å². The van der Waals surface area contributed by atoms with Crippen LogP contribution >= 0.6 is 0 Å². The minimum Gasteiger partial charge on any atom is -0.461 e. The highest BCUT2D eigenvalue weighted by Gasteiger charge is 2.91. The van der Waals surface area contributed by atoms with Crippen LogP contribution in [0.25, 0.3) is 0 Å². The molecule has 1 amide bonds. The Hall–Kier alpha value is -2.42. The number of esters is 3. The van der Waals surface area contributed by atoms with Crippen LogP contribution in [0.1, 0.15) is 46.5 Å². The first-order valence-corrected chi connectivity index (χ1v) is 11.3. The molecule has 32 heavy (non-hydrogen) atoms. The molecule has 1 saturated carbocycles. The van der Waals surface area contributed by atoms with Gasteiger partial charge in [-0.25, -0.2) is 0 Å². The Morgan fingerprint density at radius 3 is 2.53 bits per heavy atom. The summed E-state index contributed by atoms with van der Waals surface area (Å²) in [7, 11) is 0. The van der Waals surface area contributed by atoms with Crippen LogP contribution in [-0.2, 0) is 33.4 Å². The average Bonchev–Trinajstić information content (AvgIpc) is 3.33. The topological polar surface area (TPSA) is 111 Å². The zero-order valence-corrected chi connectivity index (χ0v) is 18.8. The molecule has 4 aliphatic heterocycles. The standard InChI is InChI=1S/C23H30N2O7/c1-12(2)21(4)9-15-22(10-16(27)31-15)20(29)32-19-23(21,22)17(30-13(3)26)18(28)25(19)11-14-5-7-24-8-6-14/h14-15,17,19,24H,1,5-11H2,2-4H3/t15-,17-,19-,21+,22-,23-/m0/s1. The molecule has 4 saturated heterocycles. The second-order valence-corrected chi connectivity index (χ2v) is 10.2. The number of amides is 1. The number of nitrogens with zero attached hydrogens (tertiary/aromatic N) is 1. The molecule has 1 aliphatic carbocycles. The van der Waals surface area contributed by atoms with Gasteiger partial charge in [0.1, 0.15) is 16.9 Å². The Morgan fingerprint density at radius 2 is 1.91 bits per heavy atom. The van der Waals surface area contributed by atoms with E-state index in [0.717, 1.165) is 31.5 Å². The fraction of sp³-hybridized carbons (Fsp3) is 0.739. The lowest BCUT2D eigenvalue weighted by molar-refractivity contribution is -0.170. The number of piperidine rings is 1. The molecule has 6 atom stereocenters. The third-order valence-corrected chi connectivity index (χ3v) is 8.81. The molecule has 0 bridgehead atoms. The molecule has 0 unspecified atom stereocenters. The van der Waals surface area contributed by atoms with Crippen molar-refractivity contribution in [3.63, 3.8) is 0 Å². The largest absolute Gasteiger partial charge is 0.461 e. The van der Waals surface area contributed by atoms with E-state index in [1.165, 1.54) is 6.92 Å². The van der Waals surface area contributed by atoms with Crippen LogP contribution in [0.3, 0.4) is 0 Å². The highest BCUT2D eigenvalue weighted by Crippen LogP contribution is 2.77. The maximum Gasteiger partial charge on any atom is 0.319 e. The van der Waals surface area contributed by atoms with Crippen LogP contribution in [0.2, 0.25) is 0 Å². The summed E-state index contributed by atoms with van der Waals surface area (Å²) in [4.78, 5) is 53.6. The van der Waals surface area contributed by atoms with E-state index in [1.54, 1.807) is 4.90 Å². The molecular formula is C23H30N2O7. The Balaban J connectivity index is 1.70. The lowest BCUT2D eigenvalue weighted by Gasteiger charge is -2.47. The first-order valence-electron chi connectivity index (χ1n) is 11.3. The molecule has 2 spiro atoms. The molecule has 0 aromatic rings. The molecule has 0 aromatic carbocycles. The summed E-state index contributed by atoms with van der Waals surface area (Å²) < 4.78 is 17.3. The van der Waals surface area contributed by atoms with Gasteiger partial charge in [-0.05, 0) is 45.2 Å². The van der Waals surface area contributed by atoms with E-state index in [-0.39, 0.29) is 18.2 Å². The van der Waals surface area contributed by atoms with Crippen molar-refractivity contribution in [2.75, 3.05) is 19.6 Å². The Bertz CT molecular complexity index is 927. The minimum atomic E-state index is -1.39. The monoisotopic (exact) mass is 446 g/mol. The highest BCUT2D eigenvalue weighted by molar-refractivity contribution is 5.97. The van der Waals surface area contributed by atoms with Gasteiger partial charge in [-0.1, -0.05) is 19.1 Å². The minimum absolute atomic E-state index is 0.192. The summed E-state index contributed by atoms with van der Waals surface area (Å²) >= 11 is 0. The van der Waals surface area contributed by atoms with Gasteiger partial charge in [-0.3, -0.25) is 19.2 Å². The van der Waals surface area contributed by atoms with Crippen LogP contribution in [0.4, 0.5) is 0 Å². The van der Waals surface area contributed by atoms with Crippen molar-refractivity contribution in [3.05, 3.63) is 12.2 Å². The molecule has 0 aromatic heterocycles. The number of carbonyl (C=O) groups is 4. The number of allylic oxidation sites excluding steroid dienone is 1. The van der Waals surface area contributed by atoms with Crippen molar-refractivity contribution in [2.24, 2.45) is 22.2 Å². The van der Waals surface area contributed by atoms with E-state index in [9.17, 15) is 19.2 Å². The van der Waals surface area contributed by atoms with E-state index in [4.69, 9.17) is 14.2 Å². The van der Waals surface area contributed by atoms with E-state index in [2.05, 4.69) is 11.9 Å². The fourth-order valence-corrected chi connectivity index (χ4v) is 7.26. The summed E-state index contributed by atoms with van der Waals surface area (Å²) in [5.74, 6) is -1.81. The predicted octanol–water partition coefficient (Wildman–Crippen LogP) is 0.917. The second kappa shape index (κ2) is 6.79. The van der Waals surface area contributed by atoms with Gasteiger partial charge in [0.25, 0.3) is 5.91 Å². The van der Waals surface area contributed by atoms with Crippen molar-refractivity contribution in [2.45, 2.75) is 64.9 Å². The molecule has 5 aliphatic rings. The normalized spacial score (nSPS) is 42.9. The maximum absolute atomic E-state index is 13.8. The highest BCUT2D eigenvalue weighted by atomic mass is 16.6. The zero-order valence-electron chi connectivity index (χ0n) is 18.8. The van der Waals surface area contributed by atoms with Crippen molar-refractivity contribution in [1.29, 1.82) is 0 Å². The first-order chi connectivity index (χ1) is 15.1. The predicted molar refractivity (Wildman–Crippen MR) is 110 cm³/mol. The van der Waals surface area contributed by atoms with Gasteiger partial charge in [0.05, 0.1) is 6.42 Å². The second-order valence-electron chi connectivity index (χ2n) is 10.2. The fourth-order valence-electron chi connectivity index (χ4n) is 7.26. The third kappa shape index (κ3) is 2.32. The summed E-state index contributed by atoms with van der Waals surface area (Å²) in [5.41, 5.74) is -2.76. The van der Waals surface area contributed by atoms with Crippen LogP contribution < -0.4 is 5.32 Å². The number of carbonyl (C=O) groups excluding carboxylic acids is 4. The molecule has 5 rings (SSSR count). The zero-order chi connectivity index (χ0) is 23.1. The first kappa shape index (κ1) is 21.4. The van der Waals surface area contributed by atoms with Crippen molar-refractivity contribution in [1.82, 2.24) is 10.2 Å². The maximum atomic E-state index is 13.8. The van der Waals surface area contributed by atoms with Crippen LogP contribution in [0, 0.1) is 22.2 Å². The summed E-state index contributed by atoms with van der Waals surface area (Å²) in [5, 5.41) is 3.31. The van der Waals surface area contributed by atoms with Crippen LogP contribution in [-0.4, -0.2) is 66.8 Å². The molecule has 9 heteroatoms. The number of likely N-dealkylation sites (tertiary alicyclic amines) is 1. The molecule has 9 nitrogen and oxygen atoms in total. The summed E-state index contributed by atoms with van der Waals surface area (Å²) in [6.07, 6.45) is -1.03. The third-order valence-electron chi connectivity index (χ3n) is 8.81. The number of rotatable bonds is 4. The van der Waals surface area contributed by atoms with Gasteiger partial charge >= 0.3 is 17.9 Å². The summed E-state index contributed by atoms with van der Waals surface area (Å²) in [6.45, 7) is 11.3. The SMILES string of the molecule is C=C(C)[C@@]1(C)C[C@@H]2OC(=O)C[C@@]23C(=O)O[C@@H]2N(CC4CCNCC4)C(=O)[C@H](OC(C)=O)[C@]213. The van der Waals surface area contributed by atoms with Crippen molar-refractivity contribution >= 4 is 23.8 Å². The molecule has 174 valence electrons. The Kier molecular flexibility index (Phi) is 4.55. The molecule has 1 N–H and O–H groups in total.